The Morgan fingerprint density at radius 2 is 2.20 bits per heavy atom. The van der Waals surface area contributed by atoms with Crippen molar-refractivity contribution in [3.63, 3.8) is 0 Å². The molecule has 1 aliphatic rings. The zero-order valence-corrected chi connectivity index (χ0v) is 10.5. The Bertz CT molecular complexity index is 276. The van der Waals surface area contributed by atoms with Gasteiger partial charge in [0.25, 0.3) is 0 Å². The Balaban J connectivity index is 2.43. The molecule has 0 aromatic rings. The van der Waals surface area contributed by atoms with Crippen molar-refractivity contribution in [2.75, 3.05) is 0 Å². The van der Waals surface area contributed by atoms with Crippen LogP contribution in [0.25, 0.3) is 0 Å². The second kappa shape index (κ2) is 4.47. The molecular weight excluding hydrogens is 208 g/mol. The fourth-order valence-corrected chi connectivity index (χ4v) is 2.12. The summed E-state index contributed by atoms with van der Waals surface area (Å²) in [5.41, 5.74) is 5.79. The normalized spacial score (nSPS) is 25.9. The third kappa shape index (κ3) is 3.45. The molecule has 1 saturated carbocycles. The molecule has 1 rings (SSSR count). The summed E-state index contributed by atoms with van der Waals surface area (Å²) in [4.78, 5) is 11.9. The van der Waals surface area contributed by atoms with Crippen LogP contribution in [0.3, 0.4) is 0 Å². The molecule has 1 fully saturated rings. The Morgan fingerprint density at radius 1 is 1.60 bits per heavy atom. The maximum atomic E-state index is 11.7. The van der Waals surface area contributed by atoms with Crippen LogP contribution in [0, 0.1) is 11.3 Å². The molecule has 0 spiro atoms. The number of carbonyl (C=O) groups excluding carboxylic acids is 1. The summed E-state index contributed by atoms with van der Waals surface area (Å²) in [6.07, 6.45) is 3.27. The Labute approximate surface area is 96.8 Å². The Kier molecular flexibility index (Phi) is 3.71. The van der Waals surface area contributed by atoms with Gasteiger partial charge in [-0.25, -0.2) is 0 Å². The van der Waals surface area contributed by atoms with E-state index < -0.39 is 0 Å². The minimum absolute atomic E-state index is 0.0369. The van der Waals surface area contributed by atoms with Crippen molar-refractivity contribution in [2.24, 2.45) is 17.1 Å². The van der Waals surface area contributed by atoms with Crippen molar-refractivity contribution in [3.05, 3.63) is 0 Å². The van der Waals surface area contributed by atoms with Gasteiger partial charge in [-0.15, -0.1) is 0 Å². The highest BCUT2D eigenvalue weighted by atomic mass is 32.1. The monoisotopic (exact) mass is 228 g/mol. The van der Waals surface area contributed by atoms with Crippen LogP contribution in [0.1, 0.15) is 40.0 Å². The number of nitrogens with two attached hydrogens (primary N) is 1. The smallest absolute Gasteiger partial charge is 0.229 e. The third-order valence-electron chi connectivity index (χ3n) is 3.14. The summed E-state index contributed by atoms with van der Waals surface area (Å²) in [5, 5.41) is 3.01. The molecule has 0 saturated heterocycles. The molecule has 3 nitrogen and oxygen atoms in total. The van der Waals surface area contributed by atoms with Crippen LogP contribution in [-0.2, 0) is 4.79 Å². The van der Waals surface area contributed by atoms with Gasteiger partial charge in [0.1, 0.15) is 0 Å². The molecule has 86 valence electrons. The van der Waals surface area contributed by atoms with E-state index in [1.54, 1.807) is 6.92 Å². The van der Waals surface area contributed by atoms with Gasteiger partial charge in [0.15, 0.2) is 0 Å². The van der Waals surface area contributed by atoms with Crippen LogP contribution in [0.4, 0.5) is 0 Å². The van der Waals surface area contributed by atoms with Gasteiger partial charge >= 0.3 is 0 Å². The fourth-order valence-electron chi connectivity index (χ4n) is 2.01. The Morgan fingerprint density at radius 3 is 2.60 bits per heavy atom. The lowest BCUT2D eigenvalue weighted by Gasteiger charge is -2.19. The van der Waals surface area contributed by atoms with E-state index in [-0.39, 0.29) is 16.8 Å². The number of thiocarbonyl (C=S) groups is 1. The number of hydrogen-bond acceptors (Lipinski definition) is 2. The van der Waals surface area contributed by atoms with Crippen LogP contribution in [0.5, 0.6) is 0 Å². The molecular formula is C11H20N2OS. The van der Waals surface area contributed by atoms with Crippen LogP contribution in [-0.4, -0.2) is 16.9 Å². The molecule has 0 aromatic heterocycles. The summed E-state index contributed by atoms with van der Waals surface area (Å²) in [7, 11) is 0. The van der Waals surface area contributed by atoms with Crippen molar-refractivity contribution in [1.82, 2.24) is 5.32 Å². The summed E-state index contributed by atoms with van der Waals surface area (Å²) < 4.78 is 0. The highest BCUT2D eigenvalue weighted by Crippen LogP contribution is 2.36. The zero-order chi connectivity index (χ0) is 11.6. The maximum absolute atomic E-state index is 11.7. The first-order valence-electron chi connectivity index (χ1n) is 5.41. The van der Waals surface area contributed by atoms with Gasteiger partial charge in [-0.05, 0) is 31.6 Å². The summed E-state index contributed by atoms with van der Waals surface area (Å²) in [6, 6.07) is 0.296. The van der Waals surface area contributed by atoms with Gasteiger partial charge in [0.2, 0.25) is 5.91 Å². The lowest BCUT2D eigenvalue weighted by molar-refractivity contribution is -0.123. The Hall–Kier alpha value is -0.640. The lowest BCUT2D eigenvalue weighted by Crippen LogP contribution is -2.41. The van der Waals surface area contributed by atoms with E-state index in [9.17, 15) is 4.79 Å². The number of hydrogen-bond donors (Lipinski definition) is 2. The van der Waals surface area contributed by atoms with E-state index >= 15 is 0 Å². The quantitative estimate of drug-likeness (QED) is 0.721. The molecule has 1 aliphatic carbocycles. The molecule has 15 heavy (non-hydrogen) atoms. The van der Waals surface area contributed by atoms with Crippen molar-refractivity contribution < 1.29 is 4.79 Å². The van der Waals surface area contributed by atoms with Crippen molar-refractivity contribution in [3.8, 4) is 0 Å². The zero-order valence-electron chi connectivity index (χ0n) is 9.67. The van der Waals surface area contributed by atoms with Gasteiger partial charge < -0.3 is 11.1 Å². The van der Waals surface area contributed by atoms with Gasteiger partial charge in [-0.3, -0.25) is 4.79 Å². The summed E-state index contributed by atoms with van der Waals surface area (Å²) >= 11 is 4.80. The van der Waals surface area contributed by atoms with Crippen molar-refractivity contribution in [1.29, 1.82) is 0 Å². The number of amides is 1. The average Bonchev–Trinajstić information content (AvgIpc) is 2.43. The van der Waals surface area contributed by atoms with Crippen molar-refractivity contribution >= 4 is 23.1 Å². The molecule has 4 heteroatoms. The minimum atomic E-state index is -0.358. The largest absolute Gasteiger partial charge is 0.393 e. The van der Waals surface area contributed by atoms with Crippen LogP contribution in [0.15, 0.2) is 0 Å². The topological polar surface area (TPSA) is 55.1 Å². The van der Waals surface area contributed by atoms with E-state index in [1.807, 2.05) is 0 Å². The standard InChI is InChI=1S/C11H20N2OS/c1-7(9(12)15)10(14)13-8-4-5-11(2,3)6-8/h7-8H,4-6H2,1-3H3,(H2,12,15)(H,13,14). The summed E-state index contributed by atoms with van der Waals surface area (Å²) in [6.45, 7) is 6.21. The van der Waals surface area contributed by atoms with Crippen molar-refractivity contribution in [2.45, 2.75) is 46.1 Å². The van der Waals surface area contributed by atoms with E-state index in [0.29, 0.717) is 11.5 Å². The van der Waals surface area contributed by atoms with E-state index in [0.717, 1.165) is 12.8 Å². The molecule has 0 aromatic carbocycles. The second-order valence-electron chi connectivity index (χ2n) is 5.24. The number of carbonyl (C=O) groups is 1. The van der Waals surface area contributed by atoms with E-state index in [2.05, 4.69) is 19.2 Å². The lowest BCUT2D eigenvalue weighted by atomic mass is 9.92. The molecule has 0 radical (unpaired) electrons. The van der Waals surface area contributed by atoms with Crippen LogP contribution >= 0.6 is 12.2 Å². The first kappa shape index (κ1) is 12.4. The summed E-state index contributed by atoms with van der Waals surface area (Å²) in [5.74, 6) is -0.395. The molecule has 3 N–H and O–H groups in total. The molecule has 1 amide bonds. The molecule has 0 aliphatic heterocycles. The van der Waals surface area contributed by atoms with Gasteiger partial charge in [-0.2, -0.15) is 0 Å². The van der Waals surface area contributed by atoms with Crippen LogP contribution < -0.4 is 11.1 Å². The van der Waals surface area contributed by atoms with Crippen LogP contribution in [0.2, 0.25) is 0 Å². The molecule has 0 bridgehead atoms. The highest BCUT2D eigenvalue weighted by Gasteiger charge is 2.32. The van der Waals surface area contributed by atoms with Gasteiger partial charge in [0.05, 0.1) is 10.9 Å². The average molecular weight is 228 g/mol. The first-order chi connectivity index (χ1) is 6.82. The fraction of sp³-hybridized carbons (Fsp3) is 0.818. The van der Waals surface area contributed by atoms with Gasteiger partial charge in [0, 0.05) is 6.04 Å². The third-order valence-corrected chi connectivity index (χ3v) is 3.49. The molecule has 2 atom stereocenters. The second-order valence-corrected chi connectivity index (χ2v) is 5.71. The first-order valence-corrected chi connectivity index (χ1v) is 5.82. The number of rotatable bonds is 3. The SMILES string of the molecule is CC(C(=O)NC1CCC(C)(C)C1)C(N)=S. The minimum Gasteiger partial charge on any atom is -0.393 e. The van der Waals surface area contributed by atoms with E-state index in [1.165, 1.54) is 6.42 Å². The molecule has 2 unspecified atom stereocenters. The maximum Gasteiger partial charge on any atom is 0.229 e. The van der Waals surface area contributed by atoms with E-state index in [4.69, 9.17) is 18.0 Å². The number of nitrogens with one attached hydrogen (secondary N) is 1. The molecule has 0 heterocycles. The highest BCUT2D eigenvalue weighted by molar-refractivity contribution is 7.80. The predicted octanol–water partition coefficient (Wildman–Crippen LogP) is 1.60. The van der Waals surface area contributed by atoms with Gasteiger partial charge in [-0.1, -0.05) is 26.1 Å². The predicted molar refractivity (Wildman–Crippen MR) is 65.5 cm³/mol.